The topological polar surface area (TPSA) is 46.3 Å². The van der Waals surface area contributed by atoms with Crippen molar-refractivity contribution in [1.29, 1.82) is 0 Å². The highest BCUT2D eigenvalue weighted by Crippen LogP contribution is 2.21. The lowest BCUT2D eigenvalue weighted by Gasteiger charge is -2.24. The van der Waals surface area contributed by atoms with Gasteiger partial charge in [-0.2, -0.15) is 0 Å². The molecule has 1 amide bonds. The quantitative estimate of drug-likeness (QED) is 0.930. The smallest absolute Gasteiger partial charge is 0.241 e. The normalized spacial score (nSPS) is 10.3. The molecule has 4 heteroatoms. The number of anilines is 1. The third-order valence-electron chi connectivity index (χ3n) is 3.14. The van der Waals surface area contributed by atoms with Crippen molar-refractivity contribution in [2.45, 2.75) is 13.5 Å². The Morgan fingerprint density at radius 1 is 1.15 bits per heavy atom. The van der Waals surface area contributed by atoms with E-state index in [2.05, 4.69) is 0 Å². The standard InChI is InChI=1S/C16H17FN2O/c1-12-4-2-3-5-15(12)19(16(20)10-18)11-13-6-8-14(17)9-7-13/h2-9H,10-11,18H2,1H3. The molecule has 2 N–H and O–H groups in total. The van der Waals surface area contributed by atoms with Crippen molar-refractivity contribution in [2.24, 2.45) is 5.73 Å². The van der Waals surface area contributed by atoms with Crippen LogP contribution in [0.25, 0.3) is 0 Å². The molecule has 2 rings (SSSR count). The molecule has 0 heterocycles. The molecule has 0 spiro atoms. The molecule has 104 valence electrons. The van der Waals surface area contributed by atoms with E-state index in [1.165, 1.54) is 12.1 Å². The Morgan fingerprint density at radius 2 is 1.80 bits per heavy atom. The zero-order chi connectivity index (χ0) is 14.5. The molecule has 0 unspecified atom stereocenters. The maximum Gasteiger partial charge on any atom is 0.241 e. The molecule has 2 aromatic carbocycles. The molecule has 2 aromatic rings. The zero-order valence-electron chi connectivity index (χ0n) is 11.3. The number of benzene rings is 2. The minimum atomic E-state index is -0.290. The van der Waals surface area contributed by atoms with Crippen molar-refractivity contribution in [3.05, 3.63) is 65.5 Å². The van der Waals surface area contributed by atoms with Gasteiger partial charge in [-0.3, -0.25) is 4.79 Å². The first kappa shape index (κ1) is 14.2. The van der Waals surface area contributed by atoms with Crippen LogP contribution in [0.15, 0.2) is 48.5 Å². The minimum absolute atomic E-state index is 0.0600. The van der Waals surface area contributed by atoms with Crippen molar-refractivity contribution < 1.29 is 9.18 Å². The largest absolute Gasteiger partial charge is 0.322 e. The molecule has 0 aliphatic carbocycles. The number of nitrogens with zero attached hydrogens (tertiary/aromatic N) is 1. The monoisotopic (exact) mass is 272 g/mol. The van der Waals surface area contributed by atoms with Crippen LogP contribution < -0.4 is 10.6 Å². The Morgan fingerprint density at radius 3 is 2.40 bits per heavy atom. The molecule has 0 saturated carbocycles. The SMILES string of the molecule is Cc1ccccc1N(Cc1ccc(F)cc1)C(=O)CN. The van der Waals surface area contributed by atoms with Crippen LogP contribution in [0.4, 0.5) is 10.1 Å². The van der Waals surface area contributed by atoms with E-state index in [0.717, 1.165) is 16.8 Å². The van der Waals surface area contributed by atoms with Gasteiger partial charge in [-0.1, -0.05) is 30.3 Å². The van der Waals surface area contributed by atoms with Crippen LogP contribution in [0.1, 0.15) is 11.1 Å². The molecule has 0 aliphatic heterocycles. The van der Waals surface area contributed by atoms with Crippen molar-refractivity contribution in [3.63, 3.8) is 0 Å². The fourth-order valence-electron chi connectivity index (χ4n) is 2.06. The molecule has 0 bridgehead atoms. The predicted octanol–water partition coefficient (Wildman–Crippen LogP) is 2.63. The summed E-state index contributed by atoms with van der Waals surface area (Å²) < 4.78 is 12.9. The third-order valence-corrected chi connectivity index (χ3v) is 3.14. The lowest BCUT2D eigenvalue weighted by molar-refractivity contribution is -0.117. The Kier molecular flexibility index (Phi) is 4.48. The van der Waals surface area contributed by atoms with E-state index < -0.39 is 0 Å². The van der Waals surface area contributed by atoms with Crippen LogP contribution in [-0.2, 0) is 11.3 Å². The first-order chi connectivity index (χ1) is 9.61. The number of rotatable bonds is 4. The van der Waals surface area contributed by atoms with Crippen LogP contribution in [0.3, 0.4) is 0 Å². The Labute approximate surface area is 117 Å². The van der Waals surface area contributed by atoms with Gasteiger partial charge in [0.15, 0.2) is 0 Å². The fraction of sp³-hybridized carbons (Fsp3) is 0.188. The number of hydrogen-bond acceptors (Lipinski definition) is 2. The molecule has 0 aliphatic rings. The van der Waals surface area contributed by atoms with Crippen LogP contribution in [0.5, 0.6) is 0 Å². The zero-order valence-corrected chi connectivity index (χ0v) is 11.3. The van der Waals surface area contributed by atoms with Gasteiger partial charge in [-0.15, -0.1) is 0 Å². The van der Waals surface area contributed by atoms with Crippen LogP contribution in [0.2, 0.25) is 0 Å². The molecule has 20 heavy (non-hydrogen) atoms. The van der Waals surface area contributed by atoms with Gasteiger partial charge in [0.05, 0.1) is 13.1 Å². The number of hydrogen-bond donors (Lipinski definition) is 1. The Hall–Kier alpha value is -2.20. The van der Waals surface area contributed by atoms with Gasteiger partial charge >= 0.3 is 0 Å². The fourth-order valence-corrected chi connectivity index (χ4v) is 2.06. The van der Waals surface area contributed by atoms with Crippen molar-refractivity contribution in [3.8, 4) is 0 Å². The summed E-state index contributed by atoms with van der Waals surface area (Å²) in [6.07, 6.45) is 0. The van der Waals surface area contributed by atoms with E-state index in [9.17, 15) is 9.18 Å². The number of carbonyl (C=O) groups excluding carboxylic acids is 1. The van der Waals surface area contributed by atoms with E-state index in [1.54, 1.807) is 17.0 Å². The van der Waals surface area contributed by atoms with Gasteiger partial charge < -0.3 is 10.6 Å². The highest BCUT2D eigenvalue weighted by Gasteiger charge is 2.16. The minimum Gasteiger partial charge on any atom is -0.322 e. The van der Waals surface area contributed by atoms with E-state index in [-0.39, 0.29) is 18.3 Å². The number of aryl methyl sites for hydroxylation is 1. The maximum absolute atomic E-state index is 12.9. The summed E-state index contributed by atoms with van der Waals surface area (Å²) in [5, 5.41) is 0. The molecular formula is C16H17FN2O. The second-order valence-corrected chi connectivity index (χ2v) is 4.60. The lowest BCUT2D eigenvalue weighted by Crippen LogP contribution is -2.36. The summed E-state index contributed by atoms with van der Waals surface area (Å²) in [5.74, 6) is -0.454. The summed E-state index contributed by atoms with van der Waals surface area (Å²) >= 11 is 0. The first-order valence-electron chi connectivity index (χ1n) is 6.42. The summed E-state index contributed by atoms with van der Waals surface area (Å²) in [7, 11) is 0. The lowest BCUT2D eigenvalue weighted by atomic mass is 10.1. The van der Waals surface area contributed by atoms with Gasteiger partial charge in [0.2, 0.25) is 5.91 Å². The predicted molar refractivity (Wildman–Crippen MR) is 77.8 cm³/mol. The highest BCUT2D eigenvalue weighted by atomic mass is 19.1. The Bertz CT molecular complexity index is 596. The van der Waals surface area contributed by atoms with E-state index >= 15 is 0 Å². The summed E-state index contributed by atoms with van der Waals surface area (Å²) in [4.78, 5) is 13.7. The number of carbonyl (C=O) groups is 1. The molecule has 0 saturated heterocycles. The average molecular weight is 272 g/mol. The maximum atomic E-state index is 12.9. The second kappa shape index (κ2) is 6.30. The van der Waals surface area contributed by atoms with Crippen LogP contribution in [-0.4, -0.2) is 12.5 Å². The summed E-state index contributed by atoms with van der Waals surface area (Å²) in [6, 6.07) is 13.7. The van der Waals surface area contributed by atoms with E-state index in [1.807, 2.05) is 31.2 Å². The van der Waals surface area contributed by atoms with E-state index in [0.29, 0.717) is 6.54 Å². The first-order valence-corrected chi connectivity index (χ1v) is 6.42. The van der Waals surface area contributed by atoms with Crippen LogP contribution in [0, 0.1) is 12.7 Å². The molecule has 3 nitrogen and oxygen atoms in total. The molecule has 0 fully saturated rings. The molecular weight excluding hydrogens is 255 g/mol. The summed E-state index contributed by atoms with van der Waals surface area (Å²) in [6.45, 7) is 2.26. The number of para-hydroxylation sites is 1. The van der Waals surface area contributed by atoms with Gasteiger partial charge in [0.25, 0.3) is 0 Å². The van der Waals surface area contributed by atoms with E-state index in [4.69, 9.17) is 5.73 Å². The van der Waals surface area contributed by atoms with Gasteiger partial charge in [0, 0.05) is 5.69 Å². The number of nitrogens with two attached hydrogens (primary N) is 1. The van der Waals surface area contributed by atoms with Gasteiger partial charge in [-0.05, 0) is 36.2 Å². The molecule has 0 aromatic heterocycles. The van der Waals surface area contributed by atoms with Crippen LogP contribution >= 0.6 is 0 Å². The van der Waals surface area contributed by atoms with Gasteiger partial charge in [0.1, 0.15) is 5.82 Å². The summed E-state index contributed by atoms with van der Waals surface area (Å²) in [5.41, 5.74) is 8.17. The number of halogens is 1. The van der Waals surface area contributed by atoms with Gasteiger partial charge in [-0.25, -0.2) is 4.39 Å². The van der Waals surface area contributed by atoms with Crippen molar-refractivity contribution in [2.75, 3.05) is 11.4 Å². The average Bonchev–Trinajstić information content (AvgIpc) is 2.47. The van der Waals surface area contributed by atoms with Crippen molar-refractivity contribution in [1.82, 2.24) is 0 Å². The molecule has 0 atom stereocenters. The van der Waals surface area contributed by atoms with Crippen molar-refractivity contribution >= 4 is 11.6 Å². The highest BCUT2D eigenvalue weighted by molar-refractivity contribution is 5.95. The number of amides is 1. The third kappa shape index (κ3) is 3.22. The molecule has 0 radical (unpaired) electrons. The Balaban J connectivity index is 2.31. The second-order valence-electron chi connectivity index (χ2n) is 4.60.